The third-order valence-corrected chi connectivity index (χ3v) is 4.05. The third-order valence-electron chi connectivity index (χ3n) is 4.05. The van der Waals surface area contributed by atoms with E-state index in [2.05, 4.69) is 6.07 Å². The summed E-state index contributed by atoms with van der Waals surface area (Å²) in [5, 5.41) is 0. The fourth-order valence-electron chi connectivity index (χ4n) is 2.81. The zero-order chi connectivity index (χ0) is 14.9. The van der Waals surface area contributed by atoms with E-state index >= 15 is 0 Å². The van der Waals surface area contributed by atoms with Crippen LogP contribution < -0.4 is 9.64 Å². The van der Waals surface area contributed by atoms with Crippen LogP contribution in [-0.2, 0) is 22.6 Å². The minimum atomic E-state index is -0.0871. The number of epoxide rings is 1. The number of rotatable bonds is 4. The van der Waals surface area contributed by atoms with E-state index in [9.17, 15) is 4.79 Å². The molecule has 2 aliphatic heterocycles. The topological polar surface area (TPSA) is 42.1 Å². The predicted molar refractivity (Wildman–Crippen MR) is 82.8 cm³/mol. The van der Waals surface area contributed by atoms with E-state index in [0.717, 1.165) is 23.4 Å². The maximum Gasteiger partial charge on any atom is 0.229 e. The average Bonchev–Trinajstić information content (AvgIpc) is 3.38. The van der Waals surface area contributed by atoms with E-state index in [0.29, 0.717) is 19.6 Å². The summed E-state index contributed by atoms with van der Waals surface area (Å²) < 4.78 is 11.2. The maximum absolute atomic E-state index is 12.1. The van der Waals surface area contributed by atoms with Crippen molar-refractivity contribution in [2.75, 3.05) is 11.5 Å². The first-order chi connectivity index (χ1) is 10.8. The highest BCUT2D eigenvalue weighted by Crippen LogP contribution is 2.35. The Labute approximate surface area is 129 Å². The first-order valence-electron chi connectivity index (χ1n) is 7.54. The minimum Gasteiger partial charge on any atom is -0.489 e. The second kappa shape index (κ2) is 5.46. The summed E-state index contributed by atoms with van der Waals surface area (Å²) in [6.07, 6.45) is 1.25. The van der Waals surface area contributed by atoms with Gasteiger partial charge in [0.2, 0.25) is 5.91 Å². The van der Waals surface area contributed by atoms with Gasteiger partial charge in [-0.2, -0.15) is 0 Å². The molecule has 0 aromatic heterocycles. The molecule has 2 aliphatic rings. The fourth-order valence-corrected chi connectivity index (χ4v) is 2.81. The summed E-state index contributed by atoms with van der Waals surface area (Å²) >= 11 is 0. The number of aryl methyl sites for hydroxylation is 1. The molecule has 0 spiro atoms. The lowest BCUT2D eigenvalue weighted by atomic mass is 10.0. The zero-order valence-electron chi connectivity index (χ0n) is 12.2. The first-order valence-corrected chi connectivity index (χ1v) is 7.54. The van der Waals surface area contributed by atoms with Crippen LogP contribution >= 0.6 is 0 Å². The first kappa shape index (κ1) is 13.3. The van der Waals surface area contributed by atoms with Crippen molar-refractivity contribution in [3.8, 4) is 5.75 Å². The van der Waals surface area contributed by atoms with Gasteiger partial charge in [-0.25, -0.2) is 0 Å². The van der Waals surface area contributed by atoms with E-state index < -0.39 is 0 Å². The van der Waals surface area contributed by atoms with Crippen LogP contribution in [0.15, 0.2) is 48.5 Å². The lowest BCUT2D eigenvalue weighted by Crippen LogP contribution is -2.37. The van der Waals surface area contributed by atoms with Crippen molar-refractivity contribution in [1.82, 2.24) is 0 Å². The number of ether oxygens (including phenoxy) is 2. The number of benzene rings is 2. The standard InChI is InChI=1S/C18H17NO3/c20-17-9-7-14-6-8-15(10-16(14)19(17)18-12-22-18)21-11-13-4-2-1-3-5-13/h1-6,8,10,18H,7,9,11-12H2. The van der Waals surface area contributed by atoms with Crippen LogP contribution in [0.4, 0.5) is 5.69 Å². The zero-order valence-corrected chi connectivity index (χ0v) is 12.2. The molecule has 4 heteroatoms. The molecular weight excluding hydrogens is 278 g/mol. The number of hydrogen-bond donors (Lipinski definition) is 0. The summed E-state index contributed by atoms with van der Waals surface area (Å²) in [6.45, 7) is 1.15. The molecule has 1 amide bonds. The van der Waals surface area contributed by atoms with Crippen molar-refractivity contribution in [2.45, 2.75) is 25.7 Å². The Hall–Kier alpha value is -2.33. The highest BCUT2D eigenvalue weighted by molar-refractivity contribution is 5.97. The van der Waals surface area contributed by atoms with Crippen LogP contribution in [0, 0.1) is 0 Å². The molecule has 1 unspecified atom stereocenters. The summed E-state index contributed by atoms with van der Waals surface area (Å²) in [5.74, 6) is 0.915. The molecule has 1 saturated heterocycles. The smallest absolute Gasteiger partial charge is 0.229 e. The molecule has 22 heavy (non-hydrogen) atoms. The molecule has 4 rings (SSSR count). The molecule has 0 radical (unpaired) electrons. The van der Waals surface area contributed by atoms with Gasteiger partial charge in [-0.3, -0.25) is 9.69 Å². The Morgan fingerprint density at radius 1 is 1.14 bits per heavy atom. The van der Waals surface area contributed by atoms with Gasteiger partial charge < -0.3 is 9.47 Å². The molecule has 0 aliphatic carbocycles. The molecule has 4 nitrogen and oxygen atoms in total. The van der Waals surface area contributed by atoms with E-state index in [-0.39, 0.29) is 12.1 Å². The highest BCUT2D eigenvalue weighted by atomic mass is 16.6. The van der Waals surface area contributed by atoms with Crippen molar-refractivity contribution >= 4 is 11.6 Å². The second-order valence-electron chi connectivity index (χ2n) is 5.62. The van der Waals surface area contributed by atoms with Crippen LogP contribution in [0.2, 0.25) is 0 Å². The average molecular weight is 295 g/mol. The van der Waals surface area contributed by atoms with Crippen LogP contribution in [0.5, 0.6) is 5.75 Å². The van der Waals surface area contributed by atoms with Gasteiger partial charge in [0.1, 0.15) is 12.4 Å². The Bertz CT molecular complexity index is 695. The van der Waals surface area contributed by atoms with Gasteiger partial charge in [0.05, 0.1) is 12.3 Å². The number of nitrogens with zero attached hydrogens (tertiary/aromatic N) is 1. The molecule has 0 saturated carbocycles. The molecule has 2 heterocycles. The Morgan fingerprint density at radius 2 is 1.95 bits per heavy atom. The predicted octanol–water partition coefficient (Wildman–Crippen LogP) is 2.90. The second-order valence-corrected chi connectivity index (χ2v) is 5.62. The van der Waals surface area contributed by atoms with Crippen LogP contribution in [0.25, 0.3) is 0 Å². The number of amides is 1. The van der Waals surface area contributed by atoms with Crippen molar-refractivity contribution < 1.29 is 14.3 Å². The van der Waals surface area contributed by atoms with Gasteiger partial charge >= 0.3 is 0 Å². The SMILES string of the molecule is O=C1CCc2ccc(OCc3ccccc3)cc2N1C1CO1. The normalized spacial score (nSPS) is 19.7. The maximum atomic E-state index is 12.1. The Balaban J connectivity index is 1.56. The summed E-state index contributed by atoms with van der Waals surface area (Å²) in [4.78, 5) is 13.9. The lowest BCUT2D eigenvalue weighted by molar-refractivity contribution is -0.119. The van der Waals surface area contributed by atoms with E-state index in [4.69, 9.17) is 9.47 Å². The number of carbonyl (C=O) groups excluding carboxylic acids is 1. The molecule has 112 valence electrons. The monoisotopic (exact) mass is 295 g/mol. The number of hydrogen-bond acceptors (Lipinski definition) is 3. The molecule has 0 N–H and O–H groups in total. The van der Waals surface area contributed by atoms with Crippen molar-refractivity contribution in [1.29, 1.82) is 0 Å². The van der Waals surface area contributed by atoms with Gasteiger partial charge in [-0.05, 0) is 23.6 Å². The Kier molecular flexibility index (Phi) is 3.31. The minimum absolute atomic E-state index is 0.0871. The summed E-state index contributed by atoms with van der Waals surface area (Å²) in [5.41, 5.74) is 3.24. The lowest BCUT2D eigenvalue weighted by Gasteiger charge is -2.28. The van der Waals surface area contributed by atoms with Crippen molar-refractivity contribution in [2.24, 2.45) is 0 Å². The fraction of sp³-hybridized carbons (Fsp3) is 0.278. The van der Waals surface area contributed by atoms with Gasteiger partial charge in [-0.15, -0.1) is 0 Å². The highest BCUT2D eigenvalue weighted by Gasteiger charge is 2.38. The third kappa shape index (κ3) is 2.57. The van der Waals surface area contributed by atoms with E-state index in [1.54, 1.807) is 4.90 Å². The largest absolute Gasteiger partial charge is 0.489 e. The molecule has 0 bridgehead atoms. The Morgan fingerprint density at radius 3 is 2.73 bits per heavy atom. The molecule has 2 aromatic carbocycles. The van der Waals surface area contributed by atoms with Gasteiger partial charge in [0.15, 0.2) is 6.23 Å². The summed E-state index contributed by atoms with van der Waals surface area (Å²) in [7, 11) is 0. The van der Waals surface area contributed by atoms with Crippen molar-refractivity contribution in [3.63, 3.8) is 0 Å². The number of fused-ring (bicyclic) bond motifs is 1. The molecule has 2 aromatic rings. The van der Waals surface area contributed by atoms with Crippen LogP contribution in [-0.4, -0.2) is 18.7 Å². The van der Waals surface area contributed by atoms with Crippen molar-refractivity contribution in [3.05, 3.63) is 59.7 Å². The molecule has 1 atom stereocenters. The molecule has 1 fully saturated rings. The van der Waals surface area contributed by atoms with Crippen LogP contribution in [0.3, 0.4) is 0 Å². The quantitative estimate of drug-likeness (QED) is 0.815. The molecular formula is C18H17NO3. The van der Waals surface area contributed by atoms with Gasteiger partial charge in [-0.1, -0.05) is 36.4 Å². The van der Waals surface area contributed by atoms with E-state index in [1.165, 1.54) is 5.56 Å². The van der Waals surface area contributed by atoms with Gasteiger partial charge in [0, 0.05) is 12.5 Å². The van der Waals surface area contributed by atoms with Crippen LogP contribution in [0.1, 0.15) is 17.5 Å². The van der Waals surface area contributed by atoms with E-state index in [1.807, 2.05) is 42.5 Å². The summed E-state index contributed by atoms with van der Waals surface area (Å²) in [6, 6.07) is 16.0. The van der Waals surface area contributed by atoms with Gasteiger partial charge in [0.25, 0.3) is 0 Å². The number of carbonyl (C=O) groups is 1. The number of anilines is 1.